The van der Waals surface area contributed by atoms with Gasteiger partial charge in [-0.2, -0.15) is 0 Å². The lowest BCUT2D eigenvalue weighted by Gasteiger charge is -2.36. The quantitative estimate of drug-likeness (QED) is 0.115. The molecule has 9 heteroatoms. The molecule has 0 spiro atoms. The highest BCUT2D eigenvalue weighted by molar-refractivity contribution is 6.02. The molecule has 1 atom stereocenters. The Kier molecular flexibility index (Phi) is 9.19. The first kappa shape index (κ1) is 33.6. The summed E-state index contributed by atoms with van der Waals surface area (Å²) in [6, 6.07) is 25.9. The van der Waals surface area contributed by atoms with Crippen LogP contribution < -0.4 is 9.64 Å². The van der Waals surface area contributed by atoms with Crippen molar-refractivity contribution in [1.29, 1.82) is 0 Å². The highest BCUT2D eigenvalue weighted by Crippen LogP contribution is 2.46. The summed E-state index contributed by atoms with van der Waals surface area (Å²) in [5.74, 6) is -1.44. The molecule has 0 radical (unpaired) electrons. The second-order valence-electron chi connectivity index (χ2n) is 14.0. The first-order valence-electron chi connectivity index (χ1n) is 18.1. The Morgan fingerprint density at radius 2 is 1.67 bits per heavy atom. The third-order valence-corrected chi connectivity index (χ3v) is 10.9. The molecule has 0 amide bonds. The number of allylic oxidation sites excluding steroid dienone is 4. The van der Waals surface area contributed by atoms with Crippen LogP contribution in [0.5, 0.6) is 5.75 Å². The van der Waals surface area contributed by atoms with Gasteiger partial charge in [-0.15, -0.1) is 0 Å². The molecule has 264 valence electrons. The largest absolute Gasteiger partial charge is 0.479 e. The summed E-state index contributed by atoms with van der Waals surface area (Å²) in [5, 5.41) is 26.4. The zero-order chi connectivity index (χ0) is 35.8. The van der Waals surface area contributed by atoms with Crippen LogP contribution in [-0.2, 0) is 11.2 Å². The van der Waals surface area contributed by atoms with E-state index in [4.69, 9.17) is 4.74 Å². The van der Waals surface area contributed by atoms with E-state index in [1.807, 2.05) is 30.3 Å². The highest BCUT2D eigenvalue weighted by Gasteiger charge is 2.31. The lowest BCUT2D eigenvalue weighted by atomic mass is 9.79. The molecule has 1 heterocycles. The topological polar surface area (TPSA) is 96.2 Å². The molecule has 2 aliphatic carbocycles. The molecule has 0 aromatic heterocycles. The number of nitro benzene ring substituents is 1. The van der Waals surface area contributed by atoms with E-state index in [0.717, 1.165) is 73.9 Å². The smallest absolute Gasteiger partial charge is 0.344 e. The minimum Gasteiger partial charge on any atom is -0.479 e. The molecule has 1 aliphatic heterocycles. The van der Waals surface area contributed by atoms with Crippen LogP contribution in [0.25, 0.3) is 38.2 Å². The fourth-order valence-corrected chi connectivity index (χ4v) is 8.18. The number of halogens is 1. The Morgan fingerprint density at radius 3 is 2.46 bits per heavy atom. The maximum Gasteiger partial charge on any atom is 0.344 e. The van der Waals surface area contributed by atoms with Crippen molar-refractivity contribution >= 4 is 44.5 Å². The van der Waals surface area contributed by atoms with E-state index in [1.165, 1.54) is 34.4 Å². The first-order chi connectivity index (χ1) is 25.3. The second kappa shape index (κ2) is 14.2. The molecular weight excluding hydrogens is 657 g/mol. The van der Waals surface area contributed by atoms with Crippen LogP contribution in [0, 0.1) is 15.9 Å². The van der Waals surface area contributed by atoms with Crippen molar-refractivity contribution in [3.8, 4) is 16.9 Å². The number of benzene rings is 5. The van der Waals surface area contributed by atoms with E-state index in [9.17, 15) is 24.4 Å². The van der Waals surface area contributed by atoms with Gasteiger partial charge in [0.1, 0.15) is 5.82 Å². The van der Waals surface area contributed by atoms with Gasteiger partial charge in [0.05, 0.1) is 10.3 Å². The van der Waals surface area contributed by atoms with Gasteiger partial charge in [0.25, 0.3) is 0 Å². The molecule has 5 aromatic carbocycles. The van der Waals surface area contributed by atoms with Gasteiger partial charge in [0, 0.05) is 37.4 Å². The Labute approximate surface area is 301 Å². The van der Waals surface area contributed by atoms with Gasteiger partial charge in [-0.3, -0.25) is 15.0 Å². The molecular formula is C43H40FN3O5. The van der Waals surface area contributed by atoms with Gasteiger partial charge in [0.2, 0.25) is 5.75 Å². The number of hydrogen-bond donors (Lipinski definition) is 1. The number of carboxylic acid groups (broad SMARTS) is 1. The minimum atomic E-state index is -1.28. The van der Waals surface area contributed by atoms with E-state index in [0.29, 0.717) is 29.3 Å². The first-order valence-corrected chi connectivity index (χ1v) is 18.1. The summed E-state index contributed by atoms with van der Waals surface area (Å²) in [6.45, 7) is 3.80. The predicted octanol–water partition coefficient (Wildman–Crippen LogP) is 9.19. The summed E-state index contributed by atoms with van der Waals surface area (Å²) >= 11 is 0. The zero-order valence-corrected chi connectivity index (χ0v) is 28.9. The van der Waals surface area contributed by atoms with Crippen molar-refractivity contribution in [3.63, 3.8) is 0 Å². The van der Waals surface area contributed by atoms with E-state index in [2.05, 4.69) is 40.2 Å². The Morgan fingerprint density at radius 1 is 0.885 bits per heavy atom. The van der Waals surface area contributed by atoms with Gasteiger partial charge in [-0.25, -0.2) is 9.18 Å². The molecule has 0 bridgehead atoms. The van der Waals surface area contributed by atoms with E-state index in [1.54, 1.807) is 24.3 Å². The van der Waals surface area contributed by atoms with Crippen molar-refractivity contribution in [2.75, 3.05) is 37.6 Å². The molecule has 0 saturated carbocycles. The number of aryl methyl sites for hydroxylation is 1. The number of aliphatic carboxylic acids is 1. The van der Waals surface area contributed by atoms with Gasteiger partial charge in [-0.1, -0.05) is 60.2 Å². The molecule has 3 aliphatic rings. The average molecular weight is 698 g/mol. The number of fused-ring (bicyclic) bond motifs is 5. The highest BCUT2D eigenvalue weighted by atomic mass is 19.1. The molecule has 1 fully saturated rings. The summed E-state index contributed by atoms with van der Waals surface area (Å²) < 4.78 is 19.7. The van der Waals surface area contributed by atoms with Crippen molar-refractivity contribution in [2.45, 2.75) is 44.6 Å². The Hall–Kier alpha value is -5.54. The van der Waals surface area contributed by atoms with Crippen molar-refractivity contribution in [2.24, 2.45) is 0 Å². The van der Waals surface area contributed by atoms with Gasteiger partial charge >= 0.3 is 11.7 Å². The van der Waals surface area contributed by atoms with Crippen LogP contribution in [0.1, 0.15) is 43.2 Å². The summed E-state index contributed by atoms with van der Waals surface area (Å²) in [5.41, 5.74) is 7.31. The summed E-state index contributed by atoms with van der Waals surface area (Å²) in [7, 11) is 0. The van der Waals surface area contributed by atoms with Crippen LogP contribution in [0.15, 0.2) is 103 Å². The SMILES string of the molecule is O=C(O)C(CCCN1CCN(c2ccc(F)cc2)CC1)Oc1c(-c2ccc3ccc4c(c3c2)CCC2=C4C=CCC2)cc2ccccc2c1[N+](=O)[O-]. The number of ether oxygens (including phenoxy) is 1. The molecule has 5 aromatic rings. The van der Waals surface area contributed by atoms with Gasteiger partial charge < -0.3 is 14.7 Å². The van der Waals surface area contributed by atoms with Crippen LogP contribution in [-0.4, -0.2) is 59.7 Å². The Bertz CT molecular complexity index is 2260. The number of hydrogen-bond acceptors (Lipinski definition) is 6. The maximum atomic E-state index is 13.4. The standard InChI is InChI=1S/C43H40FN3O5/c44-32-15-17-33(18-16-32)46-24-22-45(23-25-46)21-5-10-40(43(48)49)52-42-39(27-30-7-2-4-9-35(30)41(42)47(50)51)31-12-11-29-14-19-36-34-8-3-1-6-28(34)13-20-37(36)38(29)26-31/h2-4,7-9,11-12,14-19,26-27,40H,1,5-6,10,13,20-25H2,(H,48,49). The normalized spacial score (nSPS) is 16.5. The second-order valence-corrected chi connectivity index (χ2v) is 14.0. The predicted molar refractivity (Wildman–Crippen MR) is 203 cm³/mol. The number of nitro groups is 1. The third-order valence-electron chi connectivity index (χ3n) is 10.9. The average Bonchev–Trinajstić information content (AvgIpc) is 3.17. The fourth-order valence-electron chi connectivity index (χ4n) is 8.18. The van der Waals surface area contributed by atoms with Crippen molar-refractivity contribution in [1.82, 2.24) is 4.90 Å². The molecule has 8 rings (SSSR count). The summed E-state index contributed by atoms with van der Waals surface area (Å²) in [4.78, 5) is 29.6. The maximum absolute atomic E-state index is 13.4. The fraction of sp³-hybridized carbons (Fsp3) is 0.279. The van der Waals surface area contributed by atoms with Crippen LogP contribution in [0.3, 0.4) is 0 Å². The van der Waals surface area contributed by atoms with Crippen LogP contribution >= 0.6 is 0 Å². The minimum absolute atomic E-state index is 0.0200. The Balaban J connectivity index is 1.09. The monoisotopic (exact) mass is 697 g/mol. The van der Waals surface area contributed by atoms with E-state index < -0.39 is 17.0 Å². The number of carboxylic acids is 1. The van der Waals surface area contributed by atoms with Crippen molar-refractivity contribution in [3.05, 3.63) is 130 Å². The number of nitrogens with zero attached hydrogens (tertiary/aromatic N) is 3. The van der Waals surface area contributed by atoms with Crippen molar-refractivity contribution < 1.29 is 24.0 Å². The lowest BCUT2D eigenvalue weighted by Crippen LogP contribution is -2.46. The lowest BCUT2D eigenvalue weighted by molar-refractivity contribution is -0.384. The third kappa shape index (κ3) is 6.52. The van der Waals surface area contributed by atoms with E-state index >= 15 is 0 Å². The molecule has 1 N–H and O–H groups in total. The number of rotatable bonds is 10. The molecule has 1 unspecified atom stereocenters. The number of carbonyl (C=O) groups is 1. The van der Waals surface area contributed by atoms with Crippen LogP contribution in [0.2, 0.25) is 0 Å². The molecule has 1 saturated heterocycles. The van der Waals surface area contributed by atoms with E-state index in [-0.39, 0.29) is 23.7 Å². The molecule has 8 nitrogen and oxygen atoms in total. The summed E-state index contributed by atoms with van der Waals surface area (Å²) in [6.07, 6.45) is 8.02. The molecule has 52 heavy (non-hydrogen) atoms. The number of piperazine rings is 1. The van der Waals surface area contributed by atoms with Gasteiger partial charge in [0.15, 0.2) is 6.10 Å². The van der Waals surface area contributed by atoms with Crippen LogP contribution in [0.4, 0.5) is 15.8 Å². The van der Waals surface area contributed by atoms with Gasteiger partial charge in [-0.05, 0) is 126 Å². The zero-order valence-electron chi connectivity index (χ0n) is 28.9. The number of anilines is 1.